The molecule has 3 aromatic rings. The molecule has 2 heterocycles. The summed E-state index contributed by atoms with van der Waals surface area (Å²) in [6, 6.07) is 16.0. The summed E-state index contributed by atoms with van der Waals surface area (Å²) in [5.74, 6) is 1.66. The average Bonchev–Trinajstić information content (AvgIpc) is 3.48. The van der Waals surface area contributed by atoms with Gasteiger partial charge in [-0.25, -0.2) is 4.68 Å². The summed E-state index contributed by atoms with van der Waals surface area (Å²) in [5, 5.41) is 4.47. The molecule has 5 rings (SSSR count). The Morgan fingerprint density at radius 2 is 1.84 bits per heavy atom. The number of carbonyl (C=O) groups is 1. The molecule has 1 aliphatic heterocycles. The lowest BCUT2D eigenvalue weighted by Crippen LogP contribution is -2.46. The Labute approximate surface area is 182 Å². The van der Waals surface area contributed by atoms with Gasteiger partial charge in [-0.05, 0) is 42.7 Å². The molecule has 1 aliphatic carbocycles. The molecule has 0 bridgehead atoms. The zero-order valence-electron chi connectivity index (χ0n) is 17.8. The minimum absolute atomic E-state index is 0.165. The predicted octanol–water partition coefficient (Wildman–Crippen LogP) is 4.46. The van der Waals surface area contributed by atoms with Gasteiger partial charge in [0.15, 0.2) is 11.5 Å². The molecule has 0 atom stereocenters. The Bertz CT molecular complexity index is 1070. The summed E-state index contributed by atoms with van der Waals surface area (Å²) in [6.07, 6.45) is 8.84. The van der Waals surface area contributed by atoms with E-state index in [0.29, 0.717) is 6.54 Å². The summed E-state index contributed by atoms with van der Waals surface area (Å²) < 4.78 is 12.9. The van der Waals surface area contributed by atoms with E-state index < -0.39 is 5.41 Å². The minimum atomic E-state index is -0.511. The second-order valence-corrected chi connectivity index (χ2v) is 8.50. The third-order valence-electron chi connectivity index (χ3n) is 6.46. The summed E-state index contributed by atoms with van der Waals surface area (Å²) >= 11 is 0. The molecule has 6 nitrogen and oxygen atoms in total. The molecular weight excluding hydrogens is 390 g/mol. The molecule has 160 valence electrons. The van der Waals surface area contributed by atoms with Crippen molar-refractivity contribution in [3.63, 3.8) is 0 Å². The highest BCUT2D eigenvalue weighted by Gasteiger charge is 2.43. The summed E-state index contributed by atoms with van der Waals surface area (Å²) in [7, 11) is 1.89. The number of rotatable bonds is 5. The molecule has 0 unspecified atom stereocenters. The van der Waals surface area contributed by atoms with Gasteiger partial charge >= 0.3 is 0 Å². The first kappa shape index (κ1) is 19.7. The van der Waals surface area contributed by atoms with E-state index in [1.165, 1.54) is 6.42 Å². The number of likely N-dealkylation sites (N-methyl/N-ethyl adjacent to an activating group) is 1. The lowest BCUT2D eigenvalue weighted by molar-refractivity contribution is -0.138. The van der Waals surface area contributed by atoms with Crippen molar-refractivity contribution in [3.05, 3.63) is 72.1 Å². The molecule has 0 spiro atoms. The van der Waals surface area contributed by atoms with E-state index in [1.807, 2.05) is 77.6 Å². The number of fused-ring (bicyclic) bond motifs is 1. The Kier molecular flexibility index (Phi) is 5.14. The van der Waals surface area contributed by atoms with Crippen LogP contribution in [0.5, 0.6) is 11.5 Å². The molecule has 6 heteroatoms. The van der Waals surface area contributed by atoms with Crippen LogP contribution in [-0.4, -0.2) is 34.4 Å². The highest BCUT2D eigenvalue weighted by Crippen LogP contribution is 2.44. The zero-order chi connectivity index (χ0) is 21.3. The van der Waals surface area contributed by atoms with Gasteiger partial charge in [-0.2, -0.15) is 5.10 Å². The van der Waals surface area contributed by atoms with Gasteiger partial charge in [-0.1, -0.05) is 43.5 Å². The van der Waals surface area contributed by atoms with Crippen molar-refractivity contribution in [2.24, 2.45) is 0 Å². The highest BCUT2D eigenvalue weighted by molar-refractivity contribution is 5.88. The zero-order valence-corrected chi connectivity index (χ0v) is 17.8. The van der Waals surface area contributed by atoms with Crippen molar-refractivity contribution in [2.75, 3.05) is 13.8 Å². The number of nitrogens with zero attached hydrogens (tertiary/aromatic N) is 3. The second kappa shape index (κ2) is 8.10. The summed E-state index contributed by atoms with van der Waals surface area (Å²) in [5.41, 5.74) is 2.54. The van der Waals surface area contributed by atoms with Gasteiger partial charge in [0.2, 0.25) is 12.7 Å². The first-order valence-electron chi connectivity index (χ1n) is 10.9. The van der Waals surface area contributed by atoms with Crippen molar-refractivity contribution in [3.8, 4) is 17.2 Å². The number of para-hydroxylation sites is 1. The van der Waals surface area contributed by atoms with E-state index in [0.717, 1.165) is 54.0 Å². The minimum Gasteiger partial charge on any atom is -0.454 e. The van der Waals surface area contributed by atoms with Crippen molar-refractivity contribution in [1.82, 2.24) is 14.7 Å². The molecule has 2 aliphatic rings. The molecule has 0 saturated heterocycles. The van der Waals surface area contributed by atoms with Gasteiger partial charge in [-0.15, -0.1) is 0 Å². The van der Waals surface area contributed by atoms with Gasteiger partial charge in [0.25, 0.3) is 0 Å². The smallest absolute Gasteiger partial charge is 0.233 e. The molecule has 1 aromatic heterocycles. The summed E-state index contributed by atoms with van der Waals surface area (Å²) in [6.45, 7) is 0.767. The Balaban J connectivity index is 1.39. The molecule has 1 saturated carbocycles. The van der Waals surface area contributed by atoms with Gasteiger partial charge in [0, 0.05) is 25.4 Å². The number of benzene rings is 2. The van der Waals surface area contributed by atoms with Crippen LogP contribution in [0.15, 0.2) is 60.9 Å². The van der Waals surface area contributed by atoms with Crippen LogP contribution in [0, 0.1) is 0 Å². The van der Waals surface area contributed by atoms with Gasteiger partial charge in [0.05, 0.1) is 17.3 Å². The molecular formula is C25H27N3O3. The Hall–Kier alpha value is -3.28. The number of hydrogen-bond donors (Lipinski definition) is 0. The fourth-order valence-electron chi connectivity index (χ4n) is 4.85. The number of aromatic nitrogens is 2. The maximum atomic E-state index is 13.8. The van der Waals surface area contributed by atoms with E-state index in [2.05, 4.69) is 5.10 Å². The lowest BCUT2D eigenvalue weighted by Gasteiger charge is -2.39. The Morgan fingerprint density at radius 1 is 1.06 bits per heavy atom. The van der Waals surface area contributed by atoms with Gasteiger partial charge in [0.1, 0.15) is 0 Å². The summed E-state index contributed by atoms with van der Waals surface area (Å²) in [4.78, 5) is 15.7. The number of hydrogen-bond acceptors (Lipinski definition) is 4. The molecule has 1 fully saturated rings. The third kappa shape index (κ3) is 3.67. The van der Waals surface area contributed by atoms with Crippen molar-refractivity contribution >= 4 is 5.91 Å². The first-order valence-corrected chi connectivity index (χ1v) is 10.9. The van der Waals surface area contributed by atoms with Crippen molar-refractivity contribution < 1.29 is 14.3 Å². The maximum Gasteiger partial charge on any atom is 0.233 e. The fraction of sp³-hybridized carbons (Fsp3) is 0.360. The van der Waals surface area contributed by atoms with Crippen LogP contribution in [0.2, 0.25) is 0 Å². The maximum absolute atomic E-state index is 13.8. The van der Waals surface area contributed by atoms with Crippen LogP contribution >= 0.6 is 0 Å². The number of ether oxygens (including phenoxy) is 2. The quantitative estimate of drug-likeness (QED) is 0.615. The average molecular weight is 418 g/mol. The standard InChI is InChI=1S/C25H27N3O3/c1-27(16-19-15-26-28(17-19)21-8-4-2-5-9-21)24(29)25(12-6-3-7-13-25)20-10-11-22-23(14-20)31-18-30-22/h2,4-5,8-11,14-15,17H,3,6-7,12-13,16,18H2,1H3. The SMILES string of the molecule is CN(Cc1cnn(-c2ccccc2)c1)C(=O)C1(c2ccc3c(c2)OCO3)CCCCC1. The van der Waals surface area contributed by atoms with Crippen LogP contribution in [0.4, 0.5) is 0 Å². The van der Waals surface area contributed by atoms with Crippen LogP contribution in [0.1, 0.15) is 43.2 Å². The lowest BCUT2D eigenvalue weighted by atomic mass is 9.68. The largest absolute Gasteiger partial charge is 0.454 e. The second-order valence-electron chi connectivity index (χ2n) is 8.50. The van der Waals surface area contributed by atoms with Crippen LogP contribution in [-0.2, 0) is 16.8 Å². The van der Waals surface area contributed by atoms with Crippen LogP contribution in [0.3, 0.4) is 0 Å². The Morgan fingerprint density at radius 3 is 2.65 bits per heavy atom. The van der Waals surface area contributed by atoms with E-state index >= 15 is 0 Å². The third-order valence-corrected chi connectivity index (χ3v) is 6.46. The molecule has 1 amide bonds. The number of amides is 1. The van der Waals surface area contributed by atoms with E-state index in [4.69, 9.17) is 9.47 Å². The van der Waals surface area contributed by atoms with E-state index in [-0.39, 0.29) is 12.7 Å². The number of carbonyl (C=O) groups excluding carboxylic acids is 1. The van der Waals surface area contributed by atoms with E-state index in [1.54, 1.807) is 0 Å². The van der Waals surface area contributed by atoms with Crippen LogP contribution in [0.25, 0.3) is 5.69 Å². The van der Waals surface area contributed by atoms with Gasteiger partial charge < -0.3 is 14.4 Å². The first-order chi connectivity index (χ1) is 15.2. The van der Waals surface area contributed by atoms with Gasteiger partial charge in [-0.3, -0.25) is 4.79 Å². The topological polar surface area (TPSA) is 56.6 Å². The highest BCUT2D eigenvalue weighted by atomic mass is 16.7. The fourth-order valence-corrected chi connectivity index (χ4v) is 4.85. The van der Waals surface area contributed by atoms with Crippen molar-refractivity contribution in [1.29, 1.82) is 0 Å². The van der Waals surface area contributed by atoms with E-state index in [9.17, 15) is 4.79 Å². The van der Waals surface area contributed by atoms with Crippen molar-refractivity contribution in [2.45, 2.75) is 44.1 Å². The monoisotopic (exact) mass is 417 g/mol. The molecule has 0 N–H and O–H groups in total. The predicted molar refractivity (Wildman–Crippen MR) is 117 cm³/mol. The molecule has 31 heavy (non-hydrogen) atoms. The molecule has 2 aromatic carbocycles. The van der Waals surface area contributed by atoms with Crippen LogP contribution < -0.4 is 9.47 Å². The normalized spacial score (nSPS) is 16.8. The molecule has 0 radical (unpaired) electrons.